The fraction of sp³-hybridized carbons (Fsp3) is 0.238. The van der Waals surface area contributed by atoms with E-state index in [0.717, 1.165) is 4.88 Å². The average Bonchev–Trinajstić information content (AvgIpc) is 3.44. The molecule has 3 aromatic rings. The number of carbonyl (C=O) groups excluding carboxylic acids is 2. The van der Waals surface area contributed by atoms with Crippen molar-refractivity contribution in [1.29, 1.82) is 0 Å². The molecule has 0 aliphatic carbocycles. The van der Waals surface area contributed by atoms with E-state index in [-0.39, 0.29) is 28.9 Å². The van der Waals surface area contributed by atoms with Crippen LogP contribution in [-0.4, -0.2) is 37.5 Å². The van der Waals surface area contributed by atoms with E-state index in [4.69, 9.17) is 4.42 Å². The summed E-state index contributed by atoms with van der Waals surface area (Å²) in [7, 11) is -3.56. The molecule has 2 heterocycles. The maximum atomic E-state index is 12.5. The van der Waals surface area contributed by atoms with Gasteiger partial charge in [-0.3, -0.25) is 9.59 Å². The highest BCUT2D eigenvalue weighted by molar-refractivity contribution is 7.89. The van der Waals surface area contributed by atoms with Crippen LogP contribution in [0.15, 0.2) is 64.1 Å². The van der Waals surface area contributed by atoms with Gasteiger partial charge in [0.05, 0.1) is 22.6 Å². The van der Waals surface area contributed by atoms with Crippen molar-refractivity contribution in [2.45, 2.75) is 25.3 Å². The molecule has 2 aromatic heterocycles. The van der Waals surface area contributed by atoms with Gasteiger partial charge in [0.1, 0.15) is 0 Å². The normalized spacial score (nSPS) is 11.6. The van der Waals surface area contributed by atoms with Gasteiger partial charge in [-0.2, -0.15) is 4.31 Å². The lowest BCUT2D eigenvalue weighted by molar-refractivity contribution is 0.0950. The quantitative estimate of drug-likeness (QED) is 0.507. The predicted octanol–water partition coefficient (Wildman–Crippen LogP) is 3.53. The molecule has 7 nitrogen and oxygen atoms in total. The van der Waals surface area contributed by atoms with Crippen molar-refractivity contribution in [2.24, 2.45) is 0 Å². The average molecular weight is 447 g/mol. The van der Waals surface area contributed by atoms with Crippen molar-refractivity contribution in [3.05, 3.63) is 75.9 Å². The molecule has 0 aliphatic heterocycles. The van der Waals surface area contributed by atoms with Gasteiger partial charge in [0.25, 0.3) is 5.91 Å². The van der Waals surface area contributed by atoms with Crippen LogP contribution in [-0.2, 0) is 16.6 Å². The largest absolute Gasteiger partial charge is 0.461 e. The summed E-state index contributed by atoms with van der Waals surface area (Å²) in [5, 5.41) is 2.78. The van der Waals surface area contributed by atoms with Gasteiger partial charge in [0.2, 0.25) is 15.8 Å². The van der Waals surface area contributed by atoms with Crippen LogP contribution in [0.3, 0.4) is 0 Å². The first-order valence-electron chi connectivity index (χ1n) is 9.42. The summed E-state index contributed by atoms with van der Waals surface area (Å²) in [5.74, 6) is -0.256. The fourth-order valence-electron chi connectivity index (χ4n) is 2.88. The molecule has 1 aromatic carbocycles. The molecular formula is C21H22N2O5S2. The summed E-state index contributed by atoms with van der Waals surface area (Å²) in [6.07, 6.45) is 1.44. The maximum absolute atomic E-state index is 12.5. The van der Waals surface area contributed by atoms with E-state index in [1.54, 1.807) is 38.1 Å². The fourth-order valence-corrected chi connectivity index (χ4v) is 5.23. The Kier molecular flexibility index (Phi) is 6.86. The third-order valence-corrected chi connectivity index (χ3v) is 7.66. The number of nitrogens with one attached hydrogen (secondary N) is 1. The molecule has 0 atom stereocenters. The number of ketones is 1. The minimum Gasteiger partial charge on any atom is -0.461 e. The van der Waals surface area contributed by atoms with Gasteiger partial charge in [-0.15, -0.1) is 11.3 Å². The van der Waals surface area contributed by atoms with Gasteiger partial charge in [-0.25, -0.2) is 8.42 Å². The topological polar surface area (TPSA) is 96.7 Å². The van der Waals surface area contributed by atoms with E-state index in [0.29, 0.717) is 23.5 Å². The van der Waals surface area contributed by atoms with Gasteiger partial charge in [0, 0.05) is 23.5 Å². The zero-order valence-electron chi connectivity index (χ0n) is 16.6. The Labute approximate surface area is 179 Å². The molecule has 30 heavy (non-hydrogen) atoms. The molecular weight excluding hydrogens is 424 g/mol. The molecule has 0 unspecified atom stereocenters. The summed E-state index contributed by atoms with van der Waals surface area (Å²) >= 11 is 1.28. The summed E-state index contributed by atoms with van der Waals surface area (Å²) in [6.45, 7) is 4.58. The van der Waals surface area contributed by atoms with E-state index in [2.05, 4.69) is 5.32 Å². The van der Waals surface area contributed by atoms with Crippen LogP contribution in [0.2, 0.25) is 0 Å². The first kappa shape index (κ1) is 21.9. The molecule has 1 amide bonds. The first-order valence-corrected chi connectivity index (χ1v) is 11.7. The van der Waals surface area contributed by atoms with E-state index >= 15 is 0 Å². The Morgan fingerprint density at radius 2 is 1.73 bits per heavy atom. The highest BCUT2D eigenvalue weighted by atomic mass is 32.2. The summed E-state index contributed by atoms with van der Waals surface area (Å²) in [4.78, 5) is 26.2. The summed E-state index contributed by atoms with van der Waals surface area (Å²) in [6, 6.07) is 12.6. The Morgan fingerprint density at radius 1 is 1.03 bits per heavy atom. The monoisotopic (exact) mass is 446 g/mol. The van der Waals surface area contributed by atoms with Crippen molar-refractivity contribution in [1.82, 2.24) is 9.62 Å². The van der Waals surface area contributed by atoms with Crippen molar-refractivity contribution in [3.63, 3.8) is 0 Å². The number of hydrogen-bond acceptors (Lipinski definition) is 6. The van der Waals surface area contributed by atoms with Crippen LogP contribution in [0.1, 0.15) is 44.5 Å². The number of amides is 1. The third-order valence-electron chi connectivity index (χ3n) is 4.51. The smallest absolute Gasteiger partial charge is 0.251 e. The number of carbonyl (C=O) groups is 2. The number of rotatable bonds is 9. The minimum atomic E-state index is -3.56. The minimum absolute atomic E-state index is 0.155. The zero-order chi connectivity index (χ0) is 21.7. The summed E-state index contributed by atoms with van der Waals surface area (Å²) in [5.41, 5.74) is 0.358. The summed E-state index contributed by atoms with van der Waals surface area (Å²) < 4.78 is 31.5. The molecule has 158 valence electrons. The molecule has 0 fully saturated rings. The molecule has 3 rings (SSSR count). The number of thiophene rings is 1. The van der Waals surface area contributed by atoms with Crippen molar-refractivity contribution in [3.8, 4) is 0 Å². The van der Waals surface area contributed by atoms with Crippen LogP contribution in [0.25, 0.3) is 0 Å². The first-order chi connectivity index (χ1) is 14.4. The van der Waals surface area contributed by atoms with E-state index < -0.39 is 10.0 Å². The van der Waals surface area contributed by atoms with E-state index in [1.807, 2.05) is 0 Å². The van der Waals surface area contributed by atoms with Crippen molar-refractivity contribution >= 4 is 33.1 Å². The molecule has 0 saturated heterocycles. The van der Waals surface area contributed by atoms with Crippen LogP contribution in [0.5, 0.6) is 0 Å². The molecule has 0 spiro atoms. The number of sulfonamides is 1. The lowest BCUT2D eigenvalue weighted by Crippen LogP contribution is -2.30. The Balaban J connectivity index is 1.62. The standard InChI is InChI=1S/C21H22N2O5S2/c1-3-23(4-2)30(26,27)17-10-7-15(8-11-17)21(25)22-14-16-9-12-19(29-16)20(24)18-6-5-13-28-18/h5-13H,3-4,14H2,1-2H3,(H,22,25). The van der Waals surface area contributed by atoms with Crippen molar-refractivity contribution in [2.75, 3.05) is 13.1 Å². The van der Waals surface area contributed by atoms with E-state index in [9.17, 15) is 18.0 Å². The van der Waals surface area contributed by atoms with Crippen LogP contribution < -0.4 is 5.32 Å². The van der Waals surface area contributed by atoms with Gasteiger partial charge in [-0.05, 0) is 48.5 Å². The number of hydrogen-bond donors (Lipinski definition) is 1. The predicted molar refractivity (Wildman–Crippen MR) is 114 cm³/mol. The van der Waals surface area contributed by atoms with Gasteiger partial charge < -0.3 is 9.73 Å². The van der Waals surface area contributed by atoms with E-state index in [1.165, 1.54) is 46.2 Å². The van der Waals surface area contributed by atoms with Crippen LogP contribution in [0.4, 0.5) is 0 Å². The maximum Gasteiger partial charge on any atom is 0.251 e. The third kappa shape index (κ3) is 4.69. The van der Waals surface area contributed by atoms with Crippen molar-refractivity contribution < 1.29 is 22.4 Å². The molecule has 0 saturated carbocycles. The molecule has 0 bridgehead atoms. The Bertz CT molecular complexity index is 1110. The van der Waals surface area contributed by atoms with Crippen LogP contribution in [0, 0.1) is 0 Å². The zero-order valence-corrected chi connectivity index (χ0v) is 18.3. The lowest BCUT2D eigenvalue weighted by Gasteiger charge is -2.18. The number of nitrogens with zero attached hydrogens (tertiary/aromatic N) is 1. The Hall–Kier alpha value is -2.75. The highest BCUT2D eigenvalue weighted by Gasteiger charge is 2.21. The van der Waals surface area contributed by atoms with Gasteiger partial charge in [0.15, 0.2) is 5.76 Å². The highest BCUT2D eigenvalue weighted by Crippen LogP contribution is 2.21. The second-order valence-electron chi connectivity index (χ2n) is 6.37. The number of furan rings is 1. The Morgan fingerprint density at radius 3 is 2.33 bits per heavy atom. The van der Waals surface area contributed by atoms with Gasteiger partial charge in [-0.1, -0.05) is 13.8 Å². The number of benzene rings is 1. The van der Waals surface area contributed by atoms with Crippen LogP contribution >= 0.6 is 11.3 Å². The second kappa shape index (κ2) is 9.38. The lowest BCUT2D eigenvalue weighted by atomic mass is 10.2. The second-order valence-corrected chi connectivity index (χ2v) is 9.48. The SMILES string of the molecule is CCN(CC)S(=O)(=O)c1ccc(C(=O)NCc2ccc(C(=O)c3ccco3)s2)cc1. The van der Waals surface area contributed by atoms with Gasteiger partial charge >= 0.3 is 0 Å². The molecule has 0 radical (unpaired) electrons. The molecule has 9 heteroatoms. The molecule has 1 N–H and O–H groups in total. The molecule has 0 aliphatic rings.